The quantitative estimate of drug-likeness (QED) is 0.161. The van der Waals surface area contributed by atoms with Crippen LogP contribution in [0.1, 0.15) is 40.4 Å². The number of aliphatic hydroxyl groups is 3. The Labute approximate surface area is 260 Å². The molecule has 4 aromatic carbocycles. The van der Waals surface area contributed by atoms with E-state index in [1.54, 1.807) is 48.5 Å². The highest BCUT2D eigenvalue weighted by Gasteiger charge is 2.46. The van der Waals surface area contributed by atoms with Gasteiger partial charge in [-0.05, 0) is 79.1 Å². The standard InChI is InChI=1S/C34H34ClNO6S/c1-2-41-27-14-11-22(12-15-27)17-24-18-25(13-16-29(24)35)34(40)20-30(37)32(38)31(42-34)21-43-28-10-6-9-26(19-28)36-33(39)23-7-4-3-5-8-23/h3-16,18-19,30-32,37-38,40H,2,17,20-21H2,1H3,(H,36,39)/t30-,31-,32+,34+/m1/s1. The van der Waals surface area contributed by atoms with Crippen molar-refractivity contribution in [1.29, 1.82) is 0 Å². The lowest BCUT2D eigenvalue weighted by atomic mass is 9.90. The fourth-order valence-electron chi connectivity index (χ4n) is 5.02. The Morgan fingerprint density at radius 2 is 1.79 bits per heavy atom. The smallest absolute Gasteiger partial charge is 0.255 e. The van der Waals surface area contributed by atoms with Gasteiger partial charge in [-0.3, -0.25) is 4.79 Å². The zero-order chi connectivity index (χ0) is 30.4. The molecule has 5 rings (SSSR count). The number of thioether (sulfide) groups is 1. The Morgan fingerprint density at radius 1 is 1.02 bits per heavy atom. The van der Waals surface area contributed by atoms with Gasteiger partial charge in [-0.1, -0.05) is 54.1 Å². The molecular weight excluding hydrogens is 586 g/mol. The average molecular weight is 620 g/mol. The number of rotatable bonds is 10. The van der Waals surface area contributed by atoms with E-state index >= 15 is 0 Å². The van der Waals surface area contributed by atoms with E-state index in [0.717, 1.165) is 21.8 Å². The van der Waals surface area contributed by atoms with Crippen molar-refractivity contribution in [2.45, 2.75) is 48.8 Å². The van der Waals surface area contributed by atoms with Crippen molar-refractivity contribution in [3.63, 3.8) is 0 Å². The fraction of sp³-hybridized carbons (Fsp3) is 0.265. The number of hydrogen-bond donors (Lipinski definition) is 4. The number of anilines is 1. The van der Waals surface area contributed by atoms with E-state index in [1.165, 1.54) is 11.8 Å². The van der Waals surface area contributed by atoms with Crippen molar-refractivity contribution < 1.29 is 29.6 Å². The van der Waals surface area contributed by atoms with Crippen LogP contribution < -0.4 is 10.1 Å². The molecule has 43 heavy (non-hydrogen) atoms. The van der Waals surface area contributed by atoms with Gasteiger partial charge in [-0.25, -0.2) is 0 Å². The van der Waals surface area contributed by atoms with Crippen LogP contribution in [0.15, 0.2) is 102 Å². The van der Waals surface area contributed by atoms with Crippen LogP contribution in [-0.2, 0) is 16.9 Å². The van der Waals surface area contributed by atoms with Crippen molar-refractivity contribution in [3.05, 3.63) is 124 Å². The van der Waals surface area contributed by atoms with Crippen LogP contribution in [-0.4, -0.2) is 51.9 Å². The molecule has 0 saturated carbocycles. The monoisotopic (exact) mass is 619 g/mol. The van der Waals surface area contributed by atoms with Crippen molar-refractivity contribution in [3.8, 4) is 5.75 Å². The van der Waals surface area contributed by atoms with Crippen molar-refractivity contribution in [2.24, 2.45) is 0 Å². The molecule has 7 nitrogen and oxygen atoms in total. The molecule has 9 heteroatoms. The molecule has 224 valence electrons. The van der Waals surface area contributed by atoms with Gasteiger partial charge in [0, 0.05) is 38.9 Å². The van der Waals surface area contributed by atoms with E-state index in [1.807, 2.05) is 55.5 Å². The molecule has 0 spiro atoms. The van der Waals surface area contributed by atoms with Gasteiger partial charge in [0.1, 0.15) is 11.9 Å². The molecule has 1 amide bonds. The van der Waals surface area contributed by atoms with Crippen LogP contribution in [0.2, 0.25) is 5.02 Å². The van der Waals surface area contributed by atoms with Crippen molar-refractivity contribution in [1.82, 2.24) is 0 Å². The average Bonchev–Trinajstić information content (AvgIpc) is 3.01. The number of ether oxygens (including phenoxy) is 2. The Morgan fingerprint density at radius 3 is 2.53 bits per heavy atom. The summed E-state index contributed by atoms with van der Waals surface area (Å²) in [5, 5.41) is 36.6. The van der Waals surface area contributed by atoms with Gasteiger partial charge in [0.25, 0.3) is 5.91 Å². The van der Waals surface area contributed by atoms with Gasteiger partial charge < -0.3 is 30.1 Å². The Hall–Kier alpha value is -3.37. The van der Waals surface area contributed by atoms with E-state index in [0.29, 0.717) is 34.9 Å². The summed E-state index contributed by atoms with van der Waals surface area (Å²) in [7, 11) is 0. The third-order valence-electron chi connectivity index (χ3n) is 7.28. The molecular formula is C34H34ClNO6S. The molecule has 1 aliphatic rings. The first-order chi connectivity index (χ1) is 20.7. The van der Waals surface area contributed by atoms with Crippen LogP contribution >= 0.6 is 23.4 Å². The highest BCUT2D eigenvalue weighted by molar-refractivity contribution is 7.99. The summed E-state index contributed by atoms with van der Waals surface area (Å²) in [6, 6.07) is 29.2. The van der Waals surface area contributed by atoms with Gasteiger partial charge in [-0.2, -0.15) is 0 Å². The van der Waals surface area contributed by atoms with Crippen LogP contribution in [0.25, 0.3) is 0 Å². The second-order valence-corrected chi connectivity index (χ2v) is 11.9. The number of carbonyl (C=O) groups is 1. The van der Waals surface area contributed by atoms with Gasteiger partial charge in [0.15, 0.2) is 5.79 Å². The first kappa shape index (κ1) is 31.1. The molecule has 1 heterocycles. The van der Waals surface area contributed by atoms with Gasteiger partial charge >= 0.3 is 0 Å². The maximum Gasteiger partial charge on any atom is 0.255 e. The van der Waals surface area contributed by atoms with E-state index in [4.69, 9.17) is 21.1 Å². The SMILES string of the molecule is CCOc1ccc(Cc2cc([C@]3(O)C[C@@H](O)[C@H](O)[C@@H](CSc4cccc(NC(=O)c5ccccc5)c4)O3)ccc2Cl)cc1. The Bertz CT molecular complexity index is 1540. The molecule has 0 aliphatic carbocycles. The maximum atomic E-state index is 12.6. The number of nitrogens with one attached hydrogen (secondary N) is 1. The maximum absolute atomic E-state index is 12.6. The molecule has 1 saturated heterocycles. The highest BCUT2D eigenvalue weighted by Crippen LogP contribution is 2.39. The predicted octanol–water partition coefficient (Wildman–Crippen LogP) is 6.03. The third-order valence-corrected chi connectivity index (χ3v) is 8.73. The lowest BCUT2D eigenvalue weighted by Crippen LogP contribution is -2.54. The third kappa shape index (κ3) is 7.78. The van der Waals surface area contributed by atoms with E-state index in [2.05, 4.69) is 5.32 Å². The van der Waals surface area contributed by atoms with Crippen LogP contribution in [0, 0.1) is 0 Å². The number of halogens is 1. The van der Waals surface area contributed by atoms with Crippen LogP contribution in [0.4, 0.5) is 5.69 Å². The molecule has 0 unspecified atom stereocenters. The number of hydrogen-bond acceptors (Lipinski definition) is 7. The number of benzene rings is 4. The summed E-state index contributed by atoms with van der Waals surface area (Å²) in [5.74, 6) is -1.00. The first-order valence-corrected chi connectivity index (χ1v) is 15.5. The van der Waals surface area contributed by atoms with Crippen molar-refractivity contribution >= 4 is 35.0 Å². The highest BCUT2D eigenvalue weighted by atomic mass is 35.5. The minimum atomic E-state index is -1.83. The number of carbonyl (C=O) groups excluding carboxylic acids is 1. The summed E-state index contributed by atoms with van der Waals surface area (Å²) in [6.07, 6.45) is -2.93. The molecule has 4 atom stereocenters. The van der Waals surface area contributed by atoms with E-state index < -0.39 is 24.1 Å². The first-order valence-electron chi connectivity index (χ1n) is 14.1. The van der Waals surface area contributed by atoms with Gasteiger partial charge in [0.2, 0.25) is 0 Å². The molecule has 0 radical (unpaired) electrons. The lowest BCUT2D eigenvalue weighted by molar-refractivity contribution is -0.303. The summed E-state index contributed by atoms with van der Waals surface area (Å²) >= 11 is 7.91. The topological polar surface area (TPSA) is 108 Å². The minimum Gasteiger partial charge on any atom is -0.494 e. The second-order valence-electron chi connectivity index (χ2n) is 10.4. The minimum absolute atomic E-state index is 0.194. The van der Waals surface area contributed by atoms with Crippen LogP contribution in [0.3, 0.4) is 0 Å². The van der Waals surface area contributed by atoms with E-state index in [-0.39, 0.29) is 18.1 Å². The largest absolute Gasteiger partial charge is 0.494 e. The molecule has 4 N–H and O–H groups in total. The summed E-state index contributed by atoms with van der Waals surface area (Å²) in [4.78, 5) is 13.4. The Kier molecular flexibility index (Phi) is 10.1. The van der Waals surface area contributed by atoms with E-state index in [9.17, 15) is 20.1 Å². The summed E-state index contributed by atoms with van der Waals surface area (Å²) in [5.41, 5.74) is 3.44. The molecule has 0 bridgehead atoms. The van der Waals surface area contributed by atoms with Crippen LogP contribution in [0.5, 0.6) is 5.75 Å². The van der Waals surface area contributed by atoms with Gasteiger partial charge in [-0.15, -0.1) is 11.8 Å². The van der Waals surface area contributed by atoms with Crippen molar-refractivity contribution in [2.75, 3.05) is 17.7 Å². The second kappa shape index (κ2) is 13.9. The summed E-state index contributed by atoms with van der Waals surface area (Å²) in [6.45, 7) is 2.52. The summed E-state index contributed by atoms with van der Waals surface area (Å²) < 4.78 is 11.6. The Balaban J connectivity index is 1.27. The zero-order valence-electron chi connectivity index (χ0n) is 23.7. The fourth-order valence-corrected chi connectivity index (χ4v) is 6.21. The normalized spacial score (nSPS) is 21.7. The molecule has 0 aromatic heterocycles. The number of aliphatic hydroxyl groups excluding tert-OH is 2. The number of amides is 1. The predicted molar refractivity (Wildman–Crippen MR) is 169 cm³/mol. The lowest BCUT2D eigenvalue weighted by Gasteiger charge is -2.42. The zero-order valence-corrected chi connectivity index (χ0v) is 25.2. The molecule has 1 aliphatic heterocycles. The van der Waals surface area contributed by atoms with Gasteiger partial charge in [0.05, 0.1) is 18.8 Å². The molecule has 1 fully saturated rings. The molecule has 4 aromatic rings.